The molecule has 21 heavy (non-hydrogen) atoms. The number of carbonyl (C=O) groups excluding carboxylic acids is 3. The molecule has 5 heteroatoms. The molecule has 2 rings (SSSR count). The molecule has 5 nitrogen and oxygen atoms in total. The van der Waals surface area contributed by atoms with Crippen LogP contribution in [0.4, 0.5) is 0 Å². The van der Waals surface area contributed by atoms with Crippen molar-refractivity contribution in [1.82, 2.24) is 10.0 Å². The van der Waals surface area contributed by atoms with E-state index in [2.05, 4.69) is 0 Å². The van der Waals surface area contributed by atoms with Crippen molar-refractivity contribution >= 4 is 24.2 Å². The summed E-state index contributed by atoms with van der Waals surface area (Å²) in [5, 5.41) is 2.51. The van der Waals surface area contributed by atoms with E-state index in [4.69, 9.17) is 0 Å². The summed E-state index contributed by atoms with van der Waals surface area (Å²) in [4.78, 5) is 34.5. The van der Waals surface area contributed by atoms with E-state index in [0.29, 0.717) is 13.1 Å². The Bertz CT molecular complexity index is 534. The minimum Gasteiger partial charge on any atom is -0.279 e. The zero-order valence-corrected chi connectivity index (χ0v) is 11.7. The Labute approximate surface area is 123 Å². The van der Waals surface area contributed by atoms with Gasteiger partial charge in [-0.1, -0.05) is 36.8 Å². The number of nitrogens with zero attached hydrogens (tertiary/aromatic N) is 2. The Hall–Kier alpha value is -2.27. The fraction of sp³-hybridized carbons (Fsp3) is 0.312. The molecule has 1 aromatic carbocycles. The monoisotopic (exact) mass is 285 g/mol. The van der Waals surface area contributed by atoms with Crippen LogP contribution in [0.15, 0.2) is 36.4 Å². The van der Waals surface area contributed by atoms with E-state index in [0.717, 1.165) is 29.8 Å². The zero-order valence-electron chi connectivity index (χ0n) is 11.7. The molecule has 1 aliphatic rings. The van der Waals surface area contributed by atoms with Gasteiger partial charge in [0, 0.05) is 19.2 Å². The Morgan fingerprint density at radius 2 is 1.76 bits per heavy atom. The lowest BCUT2D eigenvalue weighted by Crippen LogP contribution is -2.51. The third kappa shape index (κ3) is 4.10. The summed E-state index contributed by atoms with van der Waals surface area (Å²) in [5.74, 6) is -1.46. The predicted molar refractivity (Wildman–Crippen MR) is 78.4 cm³/mol. The van der Waals surface area contributed by atoms with E-state index >= 15 is 0 Å². The number of rotatable bonds is 4. The molecule has 0 aliphatic carbocycles. The molecule has 0 spiro atoms. The second kappa shape index (κ2) is 7.50. The molecule has 2 amide bonds. The summed E-state index contributed by atoms with van der Waals surface area (Å²) in [7, 11) is 0. The lowest BCUT2D eigenvalue weighted by atomic mass is 10.1. The van der Waals surface area contributed by atoms with E-state index in [1.165, 1.54) is 12.4 Å². The van der Waals surface area contributed by atoms with Gasteiger partial charge in [0.2, 0.25) is 0 Å². The molecule has 109 valence electrons. The van der Waals surface area contributed by atoms with Crippen LogP contribution in [0, 0.1) is 0 Å². The molecular formula is C16H17N2O3. The SMILES string of the molecule is O=[C]C(=O)N(C(=O)C=Cc1ccccc1)N1CCCCC1. The van der Waals surface area contributed by atoms with Crippen LogP contribution in [0.25, 0.3) is 6.08 Å². The van der Waals surface area contributed by atoms with Crippen LogP contribution in [-0.2, 0) is 14.4 Å². The number of imide groups is 1. The van der Waals surface area contributed by atoms with E-state index in [1.807, 2.05) is 30.3 Å². The number of hydrogen-bond acceptors (Lipinski definition) is 4. The minimum atomic E-state index is -0.945. The second-order valence-corrected chi connectivity index (χ2v) is 4.82. The normalized spacial score (nSPS) is 15.8. The van der Waals surface area contributed by atoms with Gasteiger partial charge in [0.1, 0.15) is 0 Å². The first-order chi connectivity index (χ1) is 10.2. The van der Waals surface area contributed by atoms with Crippen molar-refractivity contribution in [2.75, 3.05) is 13.1 Å². The fourth-order valence-electron chi connectivity index (χ4n) is 2.29. The van der Waals surface area contributed by atoms with Crippen molar-refractivity contribution < 1.29 is 14.4 Å². The third-order valence-electron chi connectivity index (χ3n) is 3.32. The molecule has 1 saturated heterocycles. The van der Waals surface area contributed by atoms with Gasteiger partial charge in [-0.3, -0.25) is 14.4 Å². The number of hydrazine groups is 1. The smallest absolute Gasteiger partial charge is 0.279 e. The molecule has 1 aliphatic heterocycles. The topological polar surface area (TPSA) is 57.7 Å². The van der Waals surface area contributed by atoms with Crippen molar-refractivity contribution in [2.24, 2.45) is 0 Å². The molecule has 0 bridgehead atoms. The number of hydrogen-bond donors (Lipinski definition) is 0. The molecule has 0 atom stereocenters. The number of benzene rings is 1. The number of piperidine rings is 1. The second-order valence-electron chi connectivity index (χ2n) is 4.82. The molecular weight excluding hydrogens is 268 g/mol. The van der Waals surface area contributed by atoms with Crippen molar-refractivity contribution in [3.8, 4) is 0 Å². The van der Waals surface area contributed by atoms with Crippen molar-refractivity contribution in [3.63, 3.8) is 0 Å². The molecule has 1 radical (unpaired) electrons. The summed E-state index contributed by atoms with van der Waals surface area (Å²) in [6, 6.07) is 9.29. The summed E-state index contributed by atoms with van der Waals surface area (Å²) < 4.78 is 0. The Kier molecular flexibility index (Phi) is 5.40. The van der Waals surface area contributed by atoms with Crippen LogP contribution in [0.1, 0.15) is 24.8 Å². The van der Waals surface area contributed by atoms with Gasteiger partial charge >= 0.3 is 5.91 Å². The van der Waals surface area contributed by atoms with E-state index < -0.39 is 11.8 Å². The summed E-state index contributed by atoms with van der Waals surface area (Å²) in [6.07, 6.45) is 7.08. The van der Waals surface area contributed by atoms with Gasteiger partial charge in [0.25, 0.3) is 12.2 Å². The molecule has 1 heterocycles. The molecule has 1 aromatic rings. The van der Waals surface area contributed by atoms with Gasteiger partial charge in [-0.2, -0.15) is 5.01 Å². The minimum absolute atomic E-state index is 0.519. The third-order valence-corrected chi connectivity index (χ3v) is 3.32. The number of amides is 2. The standard InChI is InChI=1S/C16H17N2O3/c19-13-16(21)18(17-11-5-2-6-12-17)15(20)10-9-14-7-3-1-4-8-14/h1,3-4,7-10H,2,5-6,11-12H2. The van der Waals surface area contributed by atoms with Gasteiger partial charge in [0.05, 0.1) is 0 Å². The van der Waals surface area contributed by atoms with E-state index in [1.54, 1.807) is 11.1 Å². The highest BCUT2D eigenvalue weighted by atomic mass is 16.2. The van der Waals surface area contributed by atoms with E-state index in [9.17, 15) is 14.4 Å². The van der Waals surface area contributed by atoms with Crippen LogP contribution < -0.4 is 0 Å². The van der Waals surface area contributed by atoms with Gasteiger partial charge in [0.15, 0.2) is 0 Å². The average Bonchev–Trinajstić information content (AvgIpc) is 2.55. The first-order valence-corrected chi connectivity index (χ1v) is 6.96. The van der Waals surface area contributed by atoms with Crippen LogP contribution in [0.2, 0.25) is 0 Å². The summed E-state index contributed by atoms with van der Waals surface area (Å²) >= 11 is 0. The Morgan fingerprint density at radius 1 is 1.10 bits per heavy atom. The highest BCUT2D eigenvalue weighted by Crippen LogP contribution is 2.13. The van der Waals surface area contributed by atoms with Gasteiger partial charge in [-0.25, -0.2) is 5.01 Å². The molecule has 0 aromatic heterocycles. The maximum Gasteiger partial charge on any atom is 0.320 e. The van der Waals surface area contributed by atoms with Crippen LogP contribution in [-0.4, -0.2) is 41.2 Å². The largest absolute Gasteiger partial charge is 0.320 e. The van der Waals surface area contributed by atoms with Gasteiger partial charge in [-0.05, 0) is 24.5 Å². The van der Waals surface area contributed by atoms with Crippen LogP contribution >= 0.6 is 0 Å². The lowest BCUT2D eigenvalue weighted by molar-refractivity contribution is -0.157. The van der Waals surface area contributed by atoms with E-state index in [-0.39, 0.29) is 0 Å². The maximum atomic E-state index is 12.2. The summed E-state index contributed by atoms with van der Waals surface area (Å²) in [5.41, 5.74) is 0.854. The summed E-state index contributed by atoms with van der Waals surface area (Å²) in [6.45, 7) is 1.19. The number of carbonyl (C=O) groups is 2. The van der Waals surface area contributed by atoms with Crippen LogP contribution in [0.5, 0.6) is 0 Å². The maximum absolute atomic E-state index is 12.2. The Balaban J connectivity index is 2.12. The first kappa shape index (κ1) is 15.1. The Morgan fingerprint density at radius 3 is 2.38 bits per heavy atom. The van der Waals surface area contributed by atoms with Crippen molar-refractivity contribution in [1.29, 1.82) is 0 Å². The average molecular weight is 285 g/mol. The molecule has 1 fully saturated rings. The van der Waals surface area contributed by atoms with Crippen LogP contribution in [0.3, 0.4) is 0 Å². The lowest BCUT2D eigenvalue weighted by Gasteiger charge is -2.33. The van der Waals surface area contributed by atoms with Gasteiger partial charge < -0.3 is 0 Å². The van der Waals surface area contributed by atoms with Crippen molar-refractivity contribution in [3.05, 3.63) is 42.0 Å². The fourth-order valence-corrected chi connectivity index (χ4v) is 2.29. The molecule has 0 unspecified atom stereocenters. The zero-order chi connectivity index (χ0) is 15.1. The first-order valence-electron chi connectivity index (χ1n) is 6.96. The quantitative estimate of drug-likeness (QED) is 0.622. The highest BCUT2D eigenvalue weighted by molar-refractivity contribution is 6.28. The van der Waals surface area contributed by atoms with Crippen molar-refractivity contribution in [2.45, 2.75) is 19.3 Å². The highest BCUT2D eigenvalue weighted by Gasteiger charge is 2.27. The molecule has 0 saturated carbocycles. The predicted octanol–water partition coefficient (Wildman–Crippen LogP) is 1.57. The molecule has 0 N–H and O–H groups in total. The van der Waals surface area contributed by atoms with Gasteiger partial charge in [-0.15, -0.1) is 0 Å².